The van der Waals surface area contributed by atoms with Crippen LogP contribution in [-0.4, -0.2) is 58.6 Å². The lowest BCUT2D eigenvalue weighted by Gasteiger charge is -2.39. The maximum absolute atomic E-state index is 12.6. The van der Waals surface area contributed by atoms with Gasteiger partial charge in [-0.2, -0.15) is 0 Å². The molecule has 4 heterocycles. The van der Waals surface area contributed by atoms with E-state index in [1.54, 1.807) is 0 Å². The summed E-state index contributed by atoms with van der Waals surface area (Å²) in [4.78, 5) is 23.4. The van der Waals surface area contributed by atoms with Crippen molar-refractivity contribution in [3.05, 3.63) is 15.6 Å². The van der Waals surface area contributed by atoms with Gasteiger partial charge in [-0.05, 0) is 58.9 Å². The van der Waals surface area contributed by atoms with E-state index in [1.807, 2.05) is 11.3 Å². The Hall–Kier alpha value is -0.980. The van der Waals surface area contributed by atoms with Crippen molar-refractivity contribution in [2.24, 2.45) is 0 Å². The monoisotopic (exact) mass is 377 g/mol. The largest absolute Gasteiger partial charge is 0.376 e. The van der Waals surface area contributed by atoms with Crippen LogP contribution in [0.3, 0.4) is 0 Å². The molecule has 5 nitrogen and oxygen atoms in total. The van der Waals surface area contributed by atoms with Gasteiger partial charge in [0.05, 0.1) is 16.8 Å². The minimum absolute atomic E-state index is 0.0798. The van der Waals surface area contributed by atoms with E-state index < -0.39 is 0 Å². The Morgan fingerprint density at radius 2 is 2.12 bits per heavy atom. The molecule has 1 amide bonds. The van der Waals surface area contributed by atoms with Crippen LogP contribution in [0.4, 0.5) is 0 Å². The molecule has 1 spiro atoms. The van der Waals surface area contributed by atoms with Gasteiger partial charge < -0.3 is 9.64 Å². The van der Waals surface area contributed by atoms with Gasteiger partial charge >= 0.3 is 0 Å². The molecule has 0 aromatic carbocycles. The van der Waals surface area contributed by atoms with Crippen molar-refractivity contribution in [3.8, 4) is 0 Å². The van der Waals surface area contributed by atoms with Crippen molar-refractivity contribution in [3.63, 3.8) is 0 Å². The molecule has 144 valence electrons. The van der Waals surface area contributed by atoms with E-state index in [9.17, 15) is 4.79 Å². The third-order valence-electron chi connectivity index (χ3n) is 6.46. The van der Waals surface area contributed by atoms with Crippen LogP contribution in [0.25, 0.3) is 0 Å². The van der Waals surface area contributed by atoms with E-state index in [4.69, 9.17) is 4.74 Å². The SMILES string of the molecule is Cc1nc(C)c(CN2CCCC3(CCC(=O)N3CC3CCCO3)CC2)s1. The summed E-state index contributed by atoms with van der Waals surface area (Å²) >= 11 is 1.83. The number of rotatable bonds is 4. The number of thiazole rings is 1. The molecule has 6 heteroatoms. The number of aromatic nitrogens is 1. The van der Waals surface area contributed by atoms with E-state index in [0.29, 0.717) is 5.91 Å². The van der Waals surface area contributed by atoms with E-state index in [1.165, 1.54) is 17.0 Å². The Bertz CT molecular complexity index is 655. The quantitative estimate of drug-likeness (QED) is 0.808. The van der Waals surface area contributed by atoms with Crippen molar-refractivity contribution in [2.45, 2.75) is 77.0 Å². The lowest BCUT2D eigenvalue weighted by Crippen LogP contribution is -2.49. The average Bonchev–Trinajstić information content (AvgIpc) is 3.26. The number of hydrogen-bond acceptors (Lipinski definition) is 5. The Kier molecular flexibility index (Phi) is 5.35. The molecular weight excluding hydrogens is 346 g/mol. The second kappa shape index (κ2) is 7.56. The van der Waals surface area contributed by atoms with Crippen molar-refractivity contribution < 1.29 is 9.53 Å². The summed E-state index contributed by atoms with van der Waals surface area (Å²) in [6.45, 7) is 9.09. The van der Waals surface area contributed by atoms with Crippen molar-refractivity contribution in [2.75, 3.05) is 26.2 Å². The van der Waals surface area contributed by atoms with E-state index >= 15 is 0 Å². The van der Waals surface area contributed by atoms with E-state index in [2.05, 4.69) is 28.6 Å². The third kappa shape index (κ3) is 3.69. The summed E-state index contributed by atoms with van der Waals surface area (Å²) < 4.78 is 5.83. The van der Waals surface area contributed by atoms with Crippen LogP contribution in [0.5, 0.6) is 0 Å². The van der Waals surface area contributed by atoms with Crippen molar-refractivity contribution in [1.82, 2.24) is 14.8 Å². The number of amides is 1. The first-order chi connectivity index (χ1) is 12.6. The zero-order valence-electron chi connectivity index (χ0n) is 16.1. The van der Waals surface area contributed by atoms with Crippen LogP contribution in [0.2, 0.25) is 0 Å². The minimum Gasteiger partial charge on any atom is -0.376 e. The molecule has 4 rings (SSSR count). The average molecular weight is 378 g/mol. The van der Waals surface area contributed by atoms with Gasteiger partial charge in [-0.15, -0.1) is 11.3 Å². The summed E-state index contributed by atoms with van der Waals surface area (Å²) in [5.41, 5.74) is 1.26. The number of nitrogens with zero attached hydrogens (tertiary/aromatic N) is 3. The predicted octanol–water partition coefficient (Wildman–Crippen LogP) is 3.29. The number of carbonyl (C=O) groups is 1. The number of ether oxygens (including phenoxy) is 1. The molecule has 1 aromatic heterocycles. The highest BCUT2D eigenvalue weighted by Crippen LogP contribution is 2.40. The molecule has 2 unspecified atom stereocenters. The molecule has 0 radical (unpaired) electrons. The van der Waals surface area contributed by atoms with Gasteiger partial charge in [0.1, 0.15) is 0 Å². The number of carbonyl (C=O) groups excluding carboxylic acids is 1. The zero-order valence-corrected chi connectivity index (χ0v) is 16.9. The van der Waals surface area contributed by atoms with Crippen LogP contribution in [0, 0.1) is 13.8 Å². The highest BCUT2D eigenvalue weighted by atomic mass is 32.1. The standard InChI is InChI=1S/C20H31N3O2S/c1-15-18(26-16(2)21-15)14-22-10-4-7-20(9-11-22)8-6-19(24)23(20)13-17-5-3-12-25-17/h17H,3-14H2,1-2H3. The van der Waals surface area contributed by atoms with Gasteiger partial charge in [-0.25, -0.2) is 4.98 Å². The topological polar surface area (TPSA) is 45.7 Å². The van der Waals surface area contributed by atoms with Gasteiger partial charge in [0.2, 0.25) is 5.91 Å². The molecule has 0 bridgehead atoms. The summed E-state index contributed by atoms with van der Waals surface area (Å²) in [7, 11) is 0. The maximum atomic E-state index is 12.6. The first kappa shape index (κ1) is 18.4. The molecular formula is C20H31N3O2S. The fourth-order valence-electron chi connectivity index (χ4n) is 5.00. The smallest absolute Gasteiger partial charge is 0.223 e. The summed E-state index contributed by atoms with van der Waals surface area (Å²) in [5, 5.41) is 1.16. The zero-order chi connectivity index (χ0) is 18.1. The highest BCUT2D eigenvalue weighted by Gasteiger charge is 2.46. The van der Waals surface area contributed by atoms with Crippen LogP contribution in [0.15, 0.2) is 0 Å². The molecule has 0 saturated carbocycles. The van der Waals surface area contributed by atoms with Gasteiger partial charge in [-0.3, -0.25) is 9.69 Å². The maximum Gasteiger partial charge on any atom is 0.223 e. The first-order valence-electron chi connectivity index (χ1n) is 10.1. The van der Waals surface area contributed by atoms with Crippen molar-refractivity contribution in [1.29, 1.82) is 0 Å². The Balaban J connectivity index is 1.42. The molecule has 3 aliphatic heterocycles. The second-order valence-corrected chi connectivity index (χ2v) is 9.52. The van der Waals surface area contributed by atoms with Gasteiger partial charge in [0.15, 0.2) is 0 Å². The number of hydrogen-bond donors (Lipinski definition) is 0. The Labute approximate surface area is 160 Å². The normalized spacial score (nSPS) is 30.5. The Morgan fingerprint density at radius 3 is 2.85 bits per heavy atom. The lowest BCUT2D eigenvalue weighted by atomic mass is 9.87. The molecule has 0 aliphatic carbocycles. The van der Waals surface area contributed by atoms with Crippen LogP contribution < -0.4 is 0 Å². The number of aryl methyl sites for hydroxylation is 2. The second-order valence-electron chi connectivity index (χ2n) is 8.23. The number of likely N-dealkylation sites (tertiary alicyclic amines) is 2. The summed E-state index contributed by atoms with van der Waals surface area (Å²) in [6.07, 6.45) is 7.68. The highest BCUT2D eigenvalue weighted by molar-refractivity contribution is 7.11. The van der Waals surface area contributed by atoms with Gasteiger partial charge in [0.25, 0.3) is 0 Å². The van der Waals surface area contributed by atoms with Crippen LogP contribution in [-0.2, 0) is 16.1 Å². The Morgan fingerprint density at radius 1 is 1.23 bits per heavy atom. The molecule has 0 N–H and O–H groups in total. The van der Waals surface area contributed by atoms with Gasteiger partial charge in [-0.1, -0.05) is 0 Å². The summed E-state index contributed by atoms with van der Waals surface area (Å²) in [5.74, 6) is 0.350. The summed E-state index contributed by atoms with van der Waals surface area (Å²) in [6, 6.07) is 0. The molecule has 3 fully saturated rings. The van der Waals surface area contributed by atoms with Crippen molar-refractivity contribution >= 4 is 17.2 Å². The molecule has 1 aromatic rings. The third-order valence-corrected chi connectivity index (χ3v) is 7.52. The lowest BCUT2D eigenvalue weighted by molar-refractivity contribution is -0.133. The molecule has 26 heavy (non-hydrogen) atoms. The van der Waals surface area contributed by atoms with E-state index in [-0.39, 0.29) is 11.6 Å². The predicted molar refractivity (Wildman–Crippen MR) is 103 cm³/mol. The molecule has 2 atom stereocenters. The fourth-order valence-corrected chi connectivity index (χ4v) is 5.98. The first-order valence-corrected chi connectivity index (χ1v) is 10.9. The molecule has 3 saturated heterocycles. The fraction of sp³-hybridized carbons (Fsp3) is 0.800. The minimum atomic E-state index is 0.0798. The van der Waals surface area contributed by atoms with E-state index in [0.717, 1.165) is 76.3 Å². The van der Waals surface area contributed by atoms with Crippen LogP contribution >= 0.6 is 11.3 Å². The van der Waals surface area contributed by atoms with Gasteiger partial charge in [0, 0.05) is 43.1 Å². The molecule has 3 aliphatic rings. The van der Waals surface area contributed by atoms with Crippen LogP contribution in [0.1, 0.15) is 60.5 Å².